The topological polar surface area (TPSA) is 89.9 Å². The molecule has 1 N–H and O–H groups in total. The standard InChI is InChI=1S/C20H14FN5O2S/c1-28-17-6-2-5-14(24-17)16-11-29-20(25-16)26-19(27)13-4-3-9-22-18(13)15-8-7-12(21)10-23-15/h2-11H,1H3,(H,25,26,27). The lowest BCUT2D eigenvalue weighted by Gasteiger charge is -2.07. The van der Waals surface area contributed by atoms with Crippen molar-refractivity contribution in [2.75, 3.05) is 12.4 Å². The molecule has 0 aromatic carbocycles. The lowest BCUT2D eigenvalue weighted by Crippen LogP contribution is -2.14. The number of hydrogen-bond donors (Lipinski definition) is 1. The third-order valence-electron chi connectivity index (χ3n) is 3.94. The summed E-state index contributed by atoms with van der Waals surface area (Å²) in [6, 6.07) is 11.4. The fourth-order valence-corrected chi connectivity index (χ4v) is 3.29. The van der Waals surface area contributed by atoms with E-state index in [1.807, 2.05) is 12.1 Å². The molecule has 0 aliphatic rings. The number of methoxy groups -OCH3 is 1. The Balaban J connectivity index is 1.58. The van der Waals surface area contributed by atoms with E-state index < -0.39 is 11.7 Å². The van der Waals surface area contributed by atoms with Gasteiger partial charge in [0.05, 0.1) is 30.3 Å². The molecular formula is C20H14FN5O2S. The molecule has 29 heavy (non-hydrogen) atoms. The Morgan fingerprint density at radius 3 is 2.72 bits per heavy atom. The van der Waals surface area contributed by atoms with Gasteiger partial charge in [-0.2, -0.15) is 0 Å². The molecule has 0 spiro atoms. The number of nitrogens with one attached hydrogen (secondary N) is 1. The molecule has 4 aromatic heterocycles. The number of carbonyl (C=O) groups excluding carboxylic acids is 1. The maximum absolute atomic E-state index is 13.2. The molecule has 0 aliphatic heterocycles. The van der Waals surface area contributed by atoms with Crippen LogP contribution in [0.2, 0.25) is 0 Å². The van der Waals surface area contributed by atoms with Crippen molar-refractivity contribution < 1.29 is 13.9 Å². The van der Waals surface area contributed by atoms with Gasteiger partial charge in [-0.1, -0.05) is 6.07 Å². The summed E-state index contributed by atoms with van der Waals surface area (Å²) in [4.78, 5) is 29.8. The zero-order valence-electron chi connectivity index (χ0n) is 15.2. The van der Waals surface area contributed by atoms with Crippen molar-refractivity contribution in [3.8, 4) is 28.7 Å². The first-order chi connectivity index (χ1) is 14.1. The van der Waals surface area contributed by atoms with Crippen LogP contribution in [-0.4, -0.2) is 33.0 Å². The van der Waals surface area contributed by atoms with Gasteiger partial charge in [0.15, 0.2) is 5.13 Å². The van der Waals surface area contributed by atoms with E-state index in [0.717, 1.165) is 6.20 Å². The molecule has 0 fully saturated rings. The summed E-state index contributed by atoms with van der Waals surface area (Å²) >= 11 is 1.27. The molecule has 1 amide bonds. The van der Waals surface area contributed by atoms with Gasteiger partial charge in [-0.3, -0.25) is 20.1 Å². The van der Waals surface area contributed by atoms with Gasteiger partial charge in [0.1, 0.15) is 17.2 Å². The number of halogens is 1. The minimum Gasteiger partial charge on any atom is -0.481 e. The Labute approximate surface area is 169 Å². The molecule has 9 heteroatoms. The van der Waals surface area contributed by atoms with Gasteiger partial charge >= 0.3 is 0 Å². The van der Waals surface area contributed by atoms with Crippen LogP contribution in [0.3, 0.4) is 0 Å². The van der Waals surface area contributed by atoms with Crippen molar-refractivity contribution in [2.24, 2.45) is 0 Å². The lowest BCUT2D eigenvalue weighted by molar-refractivity contribution is 0.102. The van der Waals surface area contributed by atoms with Crippen molar-refractivity contribution >= 4 is 22.4 Å². The monoisotopic (exact) mass is 407 g/mol. The van der Waals surface area contributed by atoms with Gasteiger partial charge in [0.25, 0.3) is 5.91 Å². The average Bonchev–Trinajstić information content (AvgIpc) is 3.23. The summed E-state index contributed by atoms with van der Waals surface area (Å²) in [5.74, 6) is -0.372. The normalized spacial score (nSPS) is 10.6. The fraction of sp³-hybridized carbons (Fsp3) is 0.0500. The largest absolute Gasteiger partial charge is 0.481 e. The van der Waals surface area contributed by atoms with Crippen LogP contribution in [0.25, 0.3) is 22.8 Å². The second-order valence-corrected chi connectivity index (χ2v) is 6.68. The first kappa shape index (κ1) is 18.6. The average molecular weight is 407 g/mol. The number of pyridine rings is 3. The zero-order valence-corrected chi connectivity index (χ0v) is 16.0. The number of ether oxygens (including phenoxy) is 1. The smallest absolute Gasteiger partial charge is 0.259 e. The lowest BCUT2D eigenvalue weighted by atomic mass is 10.1. The van der Waals surface area contributed by atoms with Crippen LogP contribution >= 0.6 is 11.3 Å². The highest BCUT2D eigenvalue weighted by Crippen LogP contribution is 2.26. The van der Waals surface area contributed by atoms with Crippen molar-refractivity contribution in [1.82, 2.24) is 19.9 Å². The van der Waals surface area contributed by atoms with Crippen LogP contribution in [0, 0.1) is 5.82 Å². The third kappa shape index (κ3) is 4.09. The van der Waals surface area contributed by atoms with Crippen LogP contribution in [0.5, 0.6) is 5.88 Å². The number of anilines is 1. The van der Waals surface area contributed by atoms with Gasteiger partial charge in [-0.05, 0) is 30.3 Å². The van der Waals surface area contributed by atoms with E-state index in [1.165, 1.54) is 23.5 Å². The Morgan fingerprint density at radius 1 is 1.03 bits per heavy atom. The molecule has 0 radical (unpaired) electrons. The zero-order chi connectivity index (χ0) is 20.2. The summed E-state index contributed by atoms with van der Waals surface area (Å²) in [5, 5.41) is 4.97. The van der Waals surface area contributed by atoms with E-state index in [2.05, 4.69) is 25.3 Å². The first-order valence-corrected chi connectivity index (χ1v) is 9.37. The van der Waals surface area contributed by atoms with E-state index in [1.54, 1.807) is 36.9 Å². The third-order valence-corrected chi connectivity index (χ3v) is 4.70. The van der Waals surface area contributed by atoms with Gasteiger partial charge in [-0.25, -0.2) is 14.4 Å². The minimum absolute atomic E-state index is 0.308. The highest BCUT2D eigenvalue weighted by molar-refractivity contribution is 7.14. The Bertz CT molecular complexity index is 1160. The Kier molecular flexibility index (Phi) is 5.21. The minimum atomic E-state index is -0.461. The van der Waals surface area contributed by atoms with Gasteiger partial charge in [0, 0.05) is 17.6 Å². The molecule has 4 rings (SSSR count). The number of rotatable bonds is 5. The summed E-state index contributed by atoms with van der Waals surface area (Å²) in [6.45, 7) is 0. The summed E-state index contributed by atoms with van der Waals surface area (Å²) < 4.78 is 18.3. The maximum Gasteiger partial charge on any atom is 0.259 e. The molecule has 144 valence electrons. The number of hydrogen-bond acceptors (Lipinski definition) is 7. The second-order valence-electron chi connectivity index (χ2n) is 5.82. The number of aromatic nitrogens is 4. The summed E-state index contributed by atoms with van der Waals surface area (Å²) in [5.41, 5.74) is 2.33. The number of thiazole rings is 1. The van der Waals surface area contributed by atoms with E-state index in [0.29, 0.717) is 39.4 Å². The van der Waals surface area contributed by atoms with E-state index in [-0.39, 0.29) is 0 Å². The van der Waals surface area contributed by atoms with Gasteiger partial charge in [0.2, 0.25) is 5.88 Å². The molecule has 0 bridgehead atoms. The molecule has 4 heterocycles. The number of amides is 1. The van der Waals surface area contributed by atoms with Crippen LogP contribution in [-0.2, 0) is 0 Å². The highest BCUT2D eigenvalue weighted by Gasteiger charge is 2.17. The van der Waals surface area contributed by atoms with E-state index in [4.69, 9.17) is 4.74 Å². The quantitative estimate of drug-likeness (QED) is 0.537. The van der Waals surface area contributed by atoms with Gasteiger partial charge in [-0.15, -0.1) is 11.3 Å². The molecule has 0 aliphatic carbocycles. The molecule has 7 nitrogen and oxygen atoms in total. The van der Waals surface area contributed by atoms with E-state index in [9.17, 15) is 9.18 Å². The molecule has 4 aromatic rings. The summed E-state index contributed by atoms with van der Waals surface area (Å²) in [6.07, 6.45) is 2.63. The van der Waals surface area contributed by atoms with Crippen LogP contribution in [0.15, 0.2) is 60.2 Å². The Hall–Kier alpha value is -3.72. The first-order valence-electron chi connectivity index (χ1n) is 8.49. The molecule has 0 saturated heterocycles. The fourth-order valence-electron chi connectivity index (χ4n) is 2.59. The summed E-state index contributed by atoms with van der Waals surface area (Å²) in [7, 11) is 1.54. The molecule has 0 unspecified atom stereocenters. The SMILES string of the molecule is COc1cccc(-c2csc(NC(=O)c3cccnc3-c3ccc(F)cn3)n2)n1. The predicted octanol–water partition coefficient (Wildman–Crippen LogP) is 4.06. The van der Waals surface area contributed by atoms with Crippen molar-refractivity contribution in [3.05, 3.63) is 71.6 Å². The van der Waals surface area contributed by atoms with Crippen molar-refractivity contribution in [2.45, 2.75) is 0 Å². The predicted molar refractivity (Wildman–Crippen MR) is 107 cm³/mol. The second kappa shape index (κ2) is 8.11. The molecule has 0 saturated carbocycles. The van der Waals surface area contributed by atoms with Crippen molar-refractivity contribution in [3.63, 3.8) is 0 Å². The maximum atomic E-state index is 13.2. The number of carbonyl (C=O) groups is 1. The highest BCUT2D eigenvalue weighted by atomic mass is 32.1. The molecule has 0 atom stereocenters. The Morgan fingerprint density at radius 2 is 1.93 bits per heavy atom. The van der Waals surface area contributed by atoms with Crippen LogP contribution < -0.4 is 10.1 Å². The molecular weight excluding hydrogens is 393 g/mol. The van der Waals surface area contributed by atoms with E-state index >= 15 is 0 Å². The van der Waals surface area contributed by atoms with Crippen LogP contribution in [0.1, 0.15) is 10.4 Å². The van der Waals surface area contributed by atoms with Crippen molar-refractivity contribution in [1.29, 1.82) is 0 Å². The van der Waals surface area contributed by atoms with Gasteiger partial charge < -0.3 is 4.74 Å². The van der Waals surface area contributed by atoms with Crippen LogP contribution in [0.4, 0.5) is 9.52 Å². The number of nitrogens with zero attached hydrogens (tertiary/aromatic N) is 4.